The minimum atomic E-state index is -0.916. The number of rotatable bonds is 4. The molecule has 21 heavy (non-hydrogen) atoms. The van der Waals surface area contributed by atoms with Crippen molar-refractivity contribution in [2.24, 2.45) is 0 Å². The van der Waals surface area contributed by atoms with Crippen LogP contribution in [0.5, 0.6) is 0 Å². The summed E-state index contributed by atoms with van der Waals surface area (Å²) in [6.07, 6.45) is 1.88. The van der Waals surface area contributed by atoms with E-state index < -0.39 is 18.0 Å². The monoisotopic (exact) mass is 311 g/mol. The van der Waals surface area contributed by atoms with Gasteiger partial charge in [-0.05, 0) is 44.9 Å². The zero-order chi connectivity index (χ0) is 15.6. The molecule has 0 fully saturated rings. The van der Waals surface area contributed by atoms with Gasteiger partial charge in [0.25, 0.3) is 0 Å². The molecule has 0 spiro atoms. The first kappa shape index (κ1) is 16.2. The Morgan fingerprint density at radius 2 is 2.14 bits per heavy atom. The smallest absolute Gasteiger partial charge is 0.345 e. The molecule has 0 saturated carbocycles. The Kier molecular flexibility index (Phi) is 4.83. The molecule has 1 aliphatic rings. The van der Waals surface area contributed by atoms with E-state index in [0.717, 1.165) is 16.9 Å². The van der Waals surface area contributed by atoms with Crippen LogP contribution in [0.4, 0.5) is 0 Å². The van der Waals surface area contributed by atoms with Crippen molar-refractivity contribution in [1.82, 2.24) is 4.90 Å². The fraction of sp³-hybridized carbons (Fsp3) is 0.533. The van der Waals surface area contributed by atoms with E-state index in [1.54, 1.807) is 6.07 Å². The molecule has 116 valence electrons. The van der Waals surface area contributed by atoms with E-state index in [1.165, 1.54) is 11.3 Å². The van der Waals surface area contributed by atoms with Crippen molar-refractivity contribution in [3.8, 4) is 0 Å². The number of nitrogens with zero attached hydrogens (tertiary/aromatic N) is 1. The van der Waals surface area contributed by atoms with Crippen molar-refractivity contribution >= 4 is 22.9 Å². The number of aromatic carboxylic acids is 1. The molecule has 5 nitrogen and oxygen atoms in total. The fourth-order valence-electron chi connectivity index (χ4n) is 2.13. The van der Waals surface area contributed by atoms with E-state index in [0.29, 0.717) is 18.0 Å². The summed E-state index contributed by atoms with van der Waals surface area (Å²) in [5, 5.41) is 19.0. The summed E-state index contributed by atoms with van der Waals surface area (Å²) in [5.74, 6) is -0.890. The SMILES string of the molecule is CC(C)(C)OC(O)N1CC=C(c2ccc(C(=O)O)s2)CC1. The standard InChI is InChI=1S/C15H21NO4S/c1-15(2,3)20-14(19)16-8-6-10(7-9-16)11-4-5-12(21-11)13(17)18/h4-6,14,19H,7-9H2,1-3H3,(H,17,18). The maximum absolute atomic E-state index is 10.9. The van der Waals surface area contributed by atoms with Crippen molar-refractivity contribution in [1.29, 1.82) is 0 Å². The second kappa shape index (κ2) is 6.27. The van der Waals surface area contributed by atoms with Crippen LogP contribution in [0.3, 0.4) is 0 Å². The van der Waals surface area contributed by atoms with Gasteiger partial charge in [-0.1, -0.05) is 6.08 Å². The van der Waals surface area contributed by atoms with Crippen LogP contribution >= 0.6 is 11.3 Å². The van der Waals surface area contributed by atoms with Crippen LogP contribution < -0.4 is 0 Å². The molecule has 0 radical (unpaired) electrons. The van der Waals surface area contributed by atoms with Gasteiger partial charge in [0, 0.05) is 18.0 Å². The van der Waals surface area contributed by atoms with Crippen LogP contribution in [0, 0.1) is 0 Å². The first-order chi connectivity index (χ1) is 9.76. The molecule has 1 atom stereocenters. The lowest BCUT2D eigenvalue weighted by atomic mass is 10.1. The molecule has 0 bridgehead atoms. The number of hydrogen-bond donors (Lipinski definition) is 2. The zero-order valence-corrected chi connectivity index (χ0v) is 13.3. The number of aliphatic hydroxyl groups excluding tert-OH is 1. The third-order valence-corrected chi connectivity index (χ3v) is 4.29. The predicted molar refractivity (Wildman–Crippen MR) is 82.3 cm³/mol. The Morgan fingerprint density at radius 3 is 2.62 bits per heavy atom. The largest absolute Gasteiger partial charge is 0.477 e. The maximum Gasteiger partial charge on any atom is 0.345 e. The molecule has 1 aromatic rings. The Bertz CT molecular complexity index is 544. The number of carboxylic acid groups (broad SMARTS) is 1. The van der Waals surface area contributed by atoms with Gasteiger partial charge in [0.05, 0.1) is 5.60 Å². The Labute approximate surface area is 128 Å². The van der Waals surface area contributed by atoms with Gasteiger partial charge in [0.1, 0.15) is 4.88 Å². The Morgan fingerprint density at radius 1 is 1.43 bits per heavy atom. The van der Waals surface area contributed by atoms with Crippen molar-refractivity contribution in [3.05, 3.63) is 28.0 Å². The van der Waals surface area contributed by atoms with E-state index in [2.05, 4.69) is 0 Å². The third kappa shape index (κ3) is 4.38. The molecule has 1 aromatic heterocycles. The van der Waals surface area contributed by atoms with Crippen LogP contribution in [0.1, 0.15) is 41.7 Å². The van der Waals surface area contributed by atoms with Crippen LogP contribution in [0.2, 0.25) is 0 Å². The average molecular weight is 311 g/mol. The van der Waals surface area contributed by atoms with Gasteiger partial charge in [-0.3, -0.25) is 4.90 Å². The number of thiophene rings is 1. The summed E-state index contributed by atoms with van der Waals surface area (Å²) < 4.78 is 5.53. The molecule has 0 aromatic carbocycles. The molecule has 2 heterocycles. The summed E-state index contributed by atoms with van der Waals surface area (Å²) in [6.45, 7) is 6.98. The highest BCUT2D eigenvalue weighted by Crippen LogP contribution is 2.29. The average Bonchev–Trinajstić information content (AvgIpc) is 2.86. The quantitative estimate of drug-likeness (QED) is 0.837. The van der Waals surface area contributed by atoms with Crippen LogP contribution in [0.25, 0.3) is 5.57 Å². The van der Waals surface area contributed by atoms with Crippen molar-refractivity contribution < 1.29 is 19.7 Å². The molecule has 0 amide bonds. The number of hydrogen-bond acceptors (Lipinski definition) is 5. The highest BCUT2D eigenvalue weighted by atomic mass is 32.1. The number of carbonyl (C=O) groups is 1. The van der Waals surface area contributed by atoms with E-state index >= 15 is 0 Å². The minimum absolute atomic E-state index is 0.351. The molecular formula is C15H21NO4S. The lowest BCUT2D eigenvalue weighted by molar-refractivity contribution is -0.236. The Balaban J connectivity index is 1.99. The van der Waals surface area contributed by atoms with Crippen LogP contribution in [0.15, 0.2) is 18.2 Å². The van der Waals surface area contributed by atoms with Crippen molar-refractivity contribution in [3.63, 3.8) is 0 Å². The van der Waals surface area contributed by atoms with Gasteiger partial charge < -0.3 is 14.9 Å². The van der Waals surface area contributed by atoms with E-state index in [9.17, 15) is 9.90 Å². The molecule has 0 saturated heterocycles. The summed E-state index contributed by atoms with van der Waals surface area (Å²) in [5.41, 5.74) is 0.736. The Hall–Kier alpha value is -1.21. The second-order valence-electron chi connectivity index (χ2n) is 6.00. The number of carboxylic acids is 1. The minimum Gasteiger partial charge on any atom is -0.477 e. The maximum atomic E-state index is 10.9. The highest BCUT2D eigenvalue weighted by Gasteiger charge is 2.24. The van der Waals surface area contributed by atoms with Crippen LogP contribution in [-0.4, -0.2) is 46.2 Å². The molecule has 0 aliphatic carbocycles. The fourth-order valence-corrected chi connectivity index (χ4v) is 3.04. The van der Waals surface area contributed by atoms with Gasteiger partial charge in [-0.15, -0.1) is 11.3 Å². The zero-order valence-electron chi connectivity index (χ0n) is 12.5. The molecule has 2 N–H and O–H groups in total. The van der Waals surface area contributed by atoms with Gasteiger partial charge >= 0.3 is 5.97 Å². The topological polar surface area (TPSA) is 70.0 Å². The summed E-state index contributed by atoms with van der Waals surface area (Å²) in [7, 11) is 0. The number of ether oxygens (including phenoxy) is 1. The third-order valence-electron chi connectivity index (χ3n) is 3.15. The molecular weight excluding hydrogens is 290 g/mol. The first-order valence-electron chi connectivity index (χ1n) is 6.89. The van der Waals surface area contributed by atoms with Gasteiger partial charge in [0.15, 0.2) is 0 Å². The summed E-state index contributed by atoms with van der Waals surface area (Å²) >= 11 is 1.29. The second-order valence-corrected chi connectivity index (χ2v) is 7.08. The summed E-state index contributed by atoms with van der Waals surface area (Å²) in [4.78, 5) is 14.1. The first-order valence-corrected chi connectivity index (χ1v) is 7.70. The number of aliphatic hydroxyl groups is 1. The van der Waals surface area contributed by atoms with E-state index in [1.807, 2.05) is 37.8 Å². The summed E-state index contributed by atoms with van der Waals surface area (Å²) in [6, 6.07) is 3.48. The molecule has 1 unspecified atom stereocenters. The van der Waals surface area contributed by atoms with Crippen molar-refractivity contribution in [2.45, 2.75) is 39.2 Å². The molecule has 6 heteroatoms. The van der Waals surface area contributed by atoms with E-state index in [4.69, 9.17) is 9.84 Å². The predicted octanol–water partition coefficient (Wildman–Crippen LogP) is 2.63. The van der Waals surface area contributed by atoms with Gasteiger partial charge in [0.2, 0.25) is 6.41 Å². The molecule has 2 rings (SSSR count). The normalized spacial score (nSPS) is 18.4. The molecule has 1 aliphatic heterocycles. The lowest BCUT2D eigenvalue weighted by Crippen LogP contribution is -2.43. The van der Waals surface area contributed by atoms with Gasteiger partial charge in [-0.25, -0.2) is 4.79 Å². The highest BCUT2D eigenvalue weighted by molar-refractivity contribution is 7.15. The lowest BCUT2D eigenvalue weighted by Gasteiger charge is -2.34. The van der Waals surface area contributed by atoms with Crippen molar-refractivity contribution in [2.75, 3.05) is 13.1 Å². The van der Waals surface area contributed by atoms with Gasteiger partial charge in [-0.2, -0.15) is 0 Å². The van der Waals surface area contributed by atoms with Crippen LogP contribution in [-0.2, 0) is 4.74 Å². The van der Waals surface area contributed by atoms with E-state index in [-0.39, 0.29) is 0 Å².